The zero-order valence-corrected chi connectivity index (χ0v) is 13.1. The van der Waals surface area contributed by atoms with Crippen molar-refractivity contribution in [1.82, 2.24) is 0 Å². The van der Waals surface area contributed by atoms with Crippen LogP contribution in [0.2, 0.25) is 0 Å². The first-order chi connectivity index (χ1) is 9.45. The molecule has 0 amide bonds. The monoisotopic (exact) mass is 291 g/mol. The maximum Gasteiger partial charge on any atom is 0.192 e. The summed E-state index contributed by atoms with van der Waals surface area (Å²) in [6.45, 7) is 5.43. The van der Waals surface area contributed by atoms with E-state index in [0.717, 1.165) is 6.61 Å². The van der Waals surface area contributed by atoms with Crippen LogP contribution in [0.15, 0.2) is 18.2 Å². The number of aryl methyl sites for hydroxylation is 2. The van der Waals surface area contributed by atoms with Crippen LogP contribution in [0.1, 0.15) is 11.1 Å². The Labute approximate surface area is 121 Å². The lowest BCUT2D eigenvalue weighted by Gasteiger charge is -2.25. The Morgan fingerprint density at radius 1 is 1.40 bits per heavy atom. The van der Waals surface area contributed by atoms with Crippen LogP contribution in [-0.2, 0) is 9.16 Å². The number of terminal acetylenes is 1. The Balaban J connectivity index is 1.92. The van der Waals surface area contributed by atoms with Gasteiger partial charge in [0, 0.05) is 0 Å². The van der Waals surface area contributed by atoms with E-state index in [1.54, 1.807) is 0 Å². The zero-order valence-electron chi connectivity index (χ0n) is 11.7. The summed E-state index contributed by atoms with van der Waals surface area (Å²) in [7, 11) is -0.916. The van der Waals surface area contributed by atoms with Crippen LogP contribution in [0.3, 0.4) is 0 Å². The Kier molecular flexibility index (Phi) is 4.63. The second-order valence-corrected chi connectivity index (χ2v) is 6.70. The van der Waals surface area contributed by atoms with Gasteiger partial charge >= 0.3 is 0 Å². The minimum absolute atomic E-state index is 0.174. The molecule has 0 unspecified atom stereocenters. The molecular weight excluding hydrogens is 272 g/mol. The second-order valence-electron chi connectivity index (χ2n) is 5.19. The van der Waals surface area contributed by atoms with Gasteiger partial charge in [-0.15, -0.1) is 6.42 Å². The number of hydrogen-bond acceptors (Lipinski definition) is 4. The van der Waals surface area contributed by atoms with Gasteiger partial charge in [-0.3, -0.25) is 0 Å². The van der Waals surface area contributed by atoms with Crippen molar-refractivity contribution in [3.63, 3.8) is 0 Å². The van der Waals surface area contributed by atoms with E-state index in [1.807, 2.05) is 13.8 Å². The Hall–Kier alpha value is -1.16. The molecule has 1 aromatic carbocycles. The number of aliphatic hydroxyl groups is 2. The Morgan fingerprint density at radius 3 is 2.65 bits per heavy atom. The summed E-state index contributed by atoms with van der Waals surface area (Å²) in [4.78, 5) is 0. The van der Waals surface area contributed by atoms with Crippen molar-refractivity contribution in [2.75, 3.05) is 6.61 Å². The fourth-order valence-electron chi connectivity index (χ4n) is 2.35. The maximum absolute atomic E-state index is 10.1. The molecule has 20 heavy (non-hydrogen) atoms. The summed E-state index contributed by atoms with van der Waals surface area (Å²) in [5.41, 5.74) is 0.714. The average Bonchev–Trinajstić information content (AvgIpc) is 2.66. The third-order valence-electron chi connectivity index (χ3n) is 3.36. The molecule has 1 heterocycles. The van der Waals surface area contributed by atoms with E-state index in [-0.39, 0.29) is 6.61 Å². The van der Waals surface area contributed by atoms with Crippen LogP contribution in [-0.4, -0.2) is 44.4 Å². The van der Waals surface area contributed by atoms with Crippen LogP contribution in [0.4, 0.5) is 0 Å². The van der Waals surface area contributed by atoms with E-state index in [9.17, 15) is 10.2 Å². The molecule has 1 fully saturated rings. The van der Waals surface area contributed by atoms with Gasteiger partial charge in [0.05, 0.1) is 6.61 Å². The second kappa shape index (κ2) is 6.08. The van der Waals surface area contributed by atoms with E-state index in [1.165, 1.54) is 16.3 Å². The summed E-state index contributed by atoms with van der Waals surface area (Å²) >= 11 is 0. The lowest BCUT2D eigenvalue weighted by Crippen LogP contribution is -2.47. The lowest BCUT2D eigenvalue weighted by atomic mass is 9.95. The third-order valence-corrected chi connectivity index (χ3v) is 4.55. The molecular formula is C15H19O4Si. The summed E-state index contributed by atoms with van der Waals surface area (Å²) < 4.78 is 10.9. The van der Waals surface area contributed by atoms with E-state index in [2.05, 4.69) is 24.1 Å². The molecule has 1 aliphatic rings. The molecule has 0 spiro atoms. The van der Waals surface area contributed by atoms with Crippen LogP contribution >= 0.6 is 0 Å². The molecule has 0 bridgehead atoms. The molecule has 3 atom stereocenters. The fourth-order valence-corrected chi connectivity index (χ4v) is 3.73. The van der Waals surface area contributed by atoms with Gasteiger partial charge in [0.1, 0.15) is 18.8 Å². The molecule has 1 saturated heterocycles. The van der Waals surface area contributed by atoms with E-state index >= 15 is 0 Å². The summed E-state index contributed by atoms with van der Waals surface area (Å²) in [5.74, 6) is 2.19. The van der Waals surface area contributed by atoms with Gasteiger partial charge in [-0.1, -0.05) is 35.2 Å². The highest BCUT2D eigenvalue weighted by Crippen LogP contribution is 2.28. The van der Waals surface area contributed by atoms with Crippen molar-refractivity contribution in [3.05, 3.63) is 35.9 Å². The highest BCUT2D eigenvalue weighted by atomic mass is 28.2. The van der Waals surface area contributed by atoms with Crippen molar-refractivity contribution in [3.8, 4) is 12.3 Å². The molecule has 4 nitrogen and oxygen atoms in total. The van der Waals surface area contributed by atoms with Crippen LogP contribution in [0, 0.1) is 32.8 Å². The first kappa shape index (κ1) is 15.2. The van der Waals surface area contributed by atoms with Crippen LogP contribution < -0.4 is 5.19 Å². The Bertz CT molecular complexity index is 505. The summed E-state index contributed by atoms with van der Waals surface area (Å²) in [6.07, 6.45) is 3.37. The Morgan fingerprint density at radius 2 is 2.05 bits per heavy atom. The van der Waals surface area contributed by atoms with Crippen LogP contribution in [0.25, 0.3) is 0 Å². The molecule has 1 aromatic rings. The third kappa shape index (κ3) is 3.11. The predicted molar refractivity (Wildman–Crippen MR) is 79.0 cm³/mol. The van der Waals surface area contributed by atoms with Crippen molar-refractivity contribution in [1.29, 1.82) is 0 Å². The maximum atomic E-state index is 10.1. The molecule has 0 aliphatic carbocycles. The highest BCUT2D eigenvalue weighted by Gasteiger charge is 2.49. The topological polar surface area (TPSA) is 58.9 Å². The van der Waals surface area contributed by atoms with Gasteiger partial charge in [0.15, 0.2) is 15.4 Å². The van der Waals surface area contributed by atoms with Crippen LogP contribution in [0.5, 0.6) is 0 Å². The number of benzene rings is 1. The molecule has 0 saturated carbocycles. The van der Waals surface area contributed by atoms with Crippen molar-refractivity contribution >= 4 is 14.9 Å². The first-order valence-corrected chi connectivity index (χ1v) is 7.76. The lowest BCUT2D eigenvalue weighted by molar-refractivity contribution is -0.0466. The van der Waals surface area contributed by atoms with Gasteiger partial charge in [0.2, 0.25) is 0 Å². The SMILES string of the molecule is C#C[C@]1(O)[C@@H](O)[CH]O[C@@H]1CO[SiH2]c1cc(C)cc(C)c1. The minimum Gasteiger partial charge on any atom is -0.416 e. The zero-order chi connectivity index (χ0) is 14.8. The number of aliphatic hydroxyl groups excluding tert-OH is 1. The average molecular weight is 291 g/mol. The summed E-state index contributed by atoms with van der Waals surface area (Å²) in [6, 6.07) is 6.31. The van der Waals surface area contributed by atoms with Crippen molar-refractivity contribution in [2.45, 2.75) is 31.7 Å². The van der Waals surface area contributed by atoms with Gasteiger partial charge in [0.25, 0.3) is 0 Å². The van der Waals surface area contributed by atoms with Crippen molar-refractivity contribution in [2.24, 2.45) is 0 Å². The van der Waals surface area contributed by atoms with Gasteiger partial charge in [-0.25, -0.2) is 0 Å². The quantitative estimate of drug-likeness (QED) is 0.570. The standard InChI is InChI=1S/C15H19O4Si/c1-4-15(17)13(16)8-18-14(15)9-19-20-12-6-10(2)5-11(3)7-12/h1,5-8,13-14,16-17H,9,20H2,2-3H3/t13-,14+,15-/m0/s1. The van der Waals surface area contributed by atoms with E-state index in [4.69, 9.17) is 15.6 Å². The van der Waals surface area contributed by atoms with Gasteiger partial charge < -0.3 is 19.4 Å². The molecule has 1 radical (unpaired) electrons. The van der Waals surface area contributed by atoms with Gasteiger partial charge in [-0.05, 0) is 19.0 Å². The number of rotatable bonds is 4. The summed E-state index contributed by atoms with van der Waals surface area (Å²) in [5, 5.41) is 20.9. The van der Waals surface area contributed by atoms with Crippen molar-refractivity contribution < 1.29 is 19.4 Å². The number of hydrogen-bond donors (Lipinski definition) is 2. The fraction of sp³-hybridized carbons (Fsp3) is 0.400. The smallest absolute Gasteiger partial charge is 0.192 e. The highest BCUT2D eigenvalue weighted by molar-refractivity contribution is 6.47. The van der Waals surface area contributed by atoms with E-state index in [0.29, 0.717) is 0 Å². The normalized spacial score (nSPS) is 29.9. The van der Waals surface area contributed by atoms with Gasteiger partial charge in [-0.2, -0.15) is 0 Å². The van der Waals surface area contributed by atoms with E-state index < -0.39 is 27.6 Å². The minimum atomic E-state index is -1.70. The largest absolute Gasteiger partial charge is 0.416 e. The molecule has 2 rings (SSSR count). The molecule has 5 heteroatoms. The predicted octanol–water partition coefficient (Wildman–Crippen LogP) is -0.685. The molecule has 1 aliphatic heterocycles. The molecule has 2 N–H and O–H groups in total. The first-order valence-electron chi connectivity index (χ1n) is 6.47. The molecule has 107 valence electrons. The number of ether oxygens (including phenoxy) is 1. The molecule has 0 aromatic heterocycles.